The van der Waals surface area contributed by atoms with Gasteiger partial charge in [0.1, 0.15) is 5.41 Å². The molecule has 0 spiro atoms. The number of carboxylic acid groups (broad SMARTS) is 1. The number of aryl methyl sites for hydroxylation is 1. The third-order valence-corrected chi connectivity index (χ3v) is 4.06. The van der Waals surface area contributed by atoms with E-state index in [1.165, 1.54) is 0 Å². The second kappa shape index (κ2) is 5.85. The van der Waals surface area contributed by atoms with Crippen LogP contribution in [-0.2, 0) is 27.4 Å². The number of hydrogen-bond donors (Lipinski definition) is 2. The van der Waals surface area contributed by atoms with Crippen LogP contribution in [0.3, 0.4) is 0 Å². The molecule has 2 rings (SSSR count). The van der Waals surface area contributed by atoms with Gasteiger partial charge in [-0.3, -0.25) is 14.3 Å². The molecule has 0 unspecified atom stereocenters. The Balaban J connectivity index is 2.02. The molecule has 0 radical (unpaired) electrons. The number of methoxy groups -OCH3 is 1. The van der Waals surface area contributed by atoms with Crippen LogP contribution >= 0.6 is 0 Å². The van der Waals surface area contributed by atoms with Gasteiger partial charge in [0.25, 0.3) is 0 Å². The molecule has 0 bridgehead atoms. The highest BCUT2D eigenvalue weighted by molar-refractivity contribution is 6.04. The fourth-order valence-corrected chi connectivity index (χ4v) is 2.39. The molecule has 2 N–H and O–H groups in total. The van der Waals surface area contributed by atoms with Crippen LogP contribution in [0.15, 0.2) is 0 Å². The Kier molecular flexibility index (Phi) is 4.32. The molecule has 0 aromatic carbocycles. The molecule has 1 aromatic rings. The van der Waals surface area contributed by atoms with Crippen molar-refractivity contribution in [3.8, 4) is 0 Å². The second-order valence-electron chi connectivity index (χ2n) is 5.44. The number of nitrogens with one attached hydrogen (secondary N) is 1. The Morgan fingerprint density at radius 1 is 1.43 bits per heavy atom. The number of nitrogens with zero attached hydrogens (tertiary/aromatic N) is 2. The lowest BCUT2D eigenvalue weighted by Crippen LogP contribution is -2.36. The summed E-state index contributed by atoms with van der Waals surface area (Å²) in [5, 5.41) is 16.2. The molecule has 1 aromatic heterocycles. The zero-order valence-corrected chi connectivity index (χ0v) is 12.6. The summed E-state index contributed by atoms with van der Waals surface area (Å²) in [6.45, 7) is 5.33. The smallest absolute Gasteiger partial charge is 0.319 e. The number of aliphatic carboxylic acids is 1. The number of carbonyl (C=O) groups excluding carboxylic acids is 1. The first kappa shape index (κ1) is 15.5. The lowest BCUT2D eigenvalue weighted by molar-refractivity contribution is -0.149. The number of rotatable bonds is 7. The van der Waals surface area contributed by atoms with Crippen molar-refractivity contribution >= 4 is 11.9 Å². The molecule has 0 atom stereocenters. The lowest BCUT2D eigenvalue weighted by atomic mass is 10.1. The molecule has 1 fully saturated rings. The van der Waals surface area contributed by atoms with E-state index in [0.717, 1.165) is 17.0 Å². The number of aromatic nitrogens is 2. The summed E-state index contributed by atoms with van der Waals surface area (Å²) in [7, 11) is 1.63. The number of amides is 1. The first-order valence-corrected chi connectivity index (χ1v) is 6.96. The molecule has 116 valence electrons. The van der Waals surface area contributed by atoms with Crippen molar-refractivity contribution in [1.82, 2.24) is 15.1 Å². The van der Waals surface area contributed by atoms with Gasteiger partial charge < -0.3 is 15.2 Å². The lowest BCUT2D eigenvalue weighted by Gasteiger charge is -2.11. The third kappa shape index (κ3) is 2.92. The van der Waals surface area contributed by atoms with Crippen LogP contribution in [0, 0.1) is 19.3 Å². The van der Waals surface area contributed by atoms with Gasteiger partial charge in [-0.25, -0.2) is 0 Å². The molecule has 1 saturated carbocycles. The van der Waals surface area contributed by atoms with E-state index in [1.807, 2.05) is 18.5 Å². The monoisotopic (exact) mass is 295 g/mol. The van der Waals surface area contributed by atoms with Crippen molar-refractivity contribution in [1.29, 1.82) is 0 Å². The molecule has 1 aliphatic rings. The molecular formula is C14H21N3O4. The summed E-state index contributed by atoms with van der Waals surface area (Å²) in [5.41, 5.74) is 1.53. The highest BCUT2D eigenvalue weighted by Crippen LogP contribution is 2.46. The van der Waals surface area contributed by atoms with E-state index < -0.39 is 17.3 Å². The molecule has 0 aliphatic heterocycles. The van der Waals surface area contributed by atoms with E-state index in [-0.39, 0.29) is 0 Å². The predicted molar refractivity (Wildman–Crippen MR) is 74.7 cm³/mol. The molecule has 21 heavy (non-hydrogen) atoms. The van der Waals surface area contributed by atoms with Crippen LogP contribution in [0.2, 0.25) is 0 Å². The molecule has 7 heteroatoms. The van der Waals surface area contributed by atoms with Crippen molar-refractivity contribution in [3.05, 3.63) is 17.0 Å². The van der Waals surface area contributed by atoms with Crippen LogP contribution in [0.25, 0.3) is 0 Å². The van der Waals surface area contributed by atoms with Gasteiger partial charge in [0.05, 0.1) is 18.8 Å². The average molecular weight is 295 g/mol. The fraction of sp³-hybridized carbons (Fsp3) is 0.643. The largest absolute Gasteiger partial charge is 0.480 e. The standard InChI is InChI=1S/C14H21N3O4/c1-9-11(10(2)17(16-9)6-7-21-3)8-15-12(18)14(4-5-14)13(19)20/h4-8H2,1-3H3,(H,15,18)(H,19,20). The highest BCUT2D eigenvalue weighted by atomic mass is 16.5. The Labute approximate surface area is 123 Å². The van der Waals surface area contributed by atoms with Gasteiger partial charge >= 0.3 is 5.97 Å². The van der Waals surface area contributed by atoms with Gasteiger partial charge in [0.2, 0.25) is 5.91 Å². The van der Waals surface area contributed by atoms with Crippen molar-refractivity contribution in [3.63, 3.8) is 0 Å². The highest BCUT2D eigenvalue weighted by Gasteiger charge is 2.56. The quantitative estimate of drug-likeness (QED) is 0.720. The van der Waals surface area contributed by atoms with E-state index in [4.69, 9.17) is 9.84 Å². The number of ether oxygens (including phenoxy) is 1. The van der Waals surface area contributed by atoms with E-state index >= 15 is 0 Å². The summed E-state index contributed by atoms with van der Waals surface area (Å²) in [6.07, 6.45) is 0.832. The normalized spacial score (nSPS) is 15.8. The second-order valence-corrected chi connectivity index (χ2v) is 5.44. The molecule has 1 amide bonds. The van der Waals surface area contributed by atoms with Crippen molar-refractivity contribution in [2.45, 2.75) is 39.8 Å². The maximum absolute atomic E-state index is 12.0. The van der Waals surface area contributed by atoms with E-state index in [1.54, 1.807) is 7.11 Å². The maximum Gasteiger partial charge on any atom is 0.319 e. The maximum atomic E-state index is 12.0. The summed E-state index contributed by atoms with van der Waals surface area (Å²) in [5.74, 6) is -1.44. The minimum atomic E-state index is -1.20. The molecule has 0 saturated heterocycles. The fourth-order valence-electron chi connectivity index (χ4n) is 2.39. The average Bonchev–Trinajstić information content (AvgIpc) is 3.20. The summed E-state index contributed by atoms with van der Waals surface area (Å²) in [6, 6.07) is 0. The van der Waals surface area contributed by atoms with Crippen LogP contribution in [0.4, 0.5) is 0 Å². The van der Waals surface area contributed by atoms with E-state index in [0.29, 0.717) is 32.5 Å². The van der Waals surface area contributed by atoms with Gasteiger partial charge in [0.15, 0.2) is 0 Å². The van der Waals surface area contributed by atoms with Gasteiger partial charge in [-0.2, -0.15) is 5.10 Å². The molecule has 1 aliphatic carbocycles. The first-order valence-electron chi connectivity index (χ1n) is 6.96. The molecular weight excluding hydrogens is 274 g/mol. The van der Waals surface area contributed by atoms with Gasteiger partial charge in [-0.1, -0.05) is 0 Å². The molecule has 7 nitrogen and oxygen atoms in total. The first-order chi connectivity index (χ1) is 9.92. The van der Waals surface area contributed by atoms with Gasteiger partial charge in [-0.05, 0) is 26.7 Å². The Bertz CT molecular complexity index is 561. The number of hydrogen-bond acceptors (Lipinski definition) is 4. The Hall–Kier alpha value is -1.89. The predicted octanol–water partition coefficient (Wildman–Crippen LogP) is 0.627. The van der Waals surface area contributed by atoms with Gasteiger partial charge in [-0.15, -0.1) is 0 Å². The summed E-state index contributed by atoms with van der Waals surface area (Å²) >= 11 is 0. The van der Waals surface area contributed by atoms with Crippen molar-refractivity contribution < 1.29 is 19.4 Å². The van der Waals surface area contributed by atoms with Crippen molar-refractivity contribution in [2.75, 3.05) is 13.7 Å². The van der Waals surface area contributed by atoms with Crippen LogP contribution in [0.1, 0.15) is 29.8 Å². The SMILES string of the molecule is COCCn1nc(C)c(CNC(=O)C2(C(=O)O)CC2)c1C. The minimum absolute atomic E-state index is 0.304. The summed E-state index contributed by atoms with van der Waals surface area (Å²) < 4.78 is 6.87. The van der Waals surface area contributed by atoms with Crippen molar-refractivity contribution in [2.24, 2.45) is 5.41 Å². The van der Waals surface area contributed by atoms with E-state index in [9.17, 15) is 9.59 Å². The summed E-state index contributed by atoms with van der Waals surface area (Å²) in [4.78, 5) is 23.1. The Morgan fingerprint density at radius 3 is 2.62 bits per heavy atom. The topological polar surface area (TPSA) is 93.5 Å². The number of carbonyl (C=O) groups is 2. The third-order valence-electron chi connectivity index (χ3n) is 4.06. The molecule has 1 heterocycles. The van der Waals surface area contributed by atoms with Crippen LogP contribution < -0.4 is 5.32 Å². The van der Waals surface area contributed by atoms with Gasteiger partial charge in [0, 0.05) is 24.9 Å². The van der Waals surface area contributed by atoms with E-state index in [2.05, 4.69) is 10.4 Å². The number of carboxylic acids is 1. The zero-order chi connectivity index (χ0) is 15.6. The zero-order valence-electron chi connectivity index (χ0n) is 12.6. The minimum Gasteiger partial charge on any atom is -0.480 e. The Morgan fingerprint density at radius 2 is 2.10 bits per heavy atom. The van der Waals surface area contributed by atoms with Crippen LogP contribution in [-0.4, -0.2) is 40.5 Å². The van der Waals surface area contributed by atoms with Crippen LogP contribution in [0.5, 0.6) is 0 Å².